The Balaban J connectivity index is 1.14. The number of anilines is 2. The van der Waals surface area contributed by atoms with E-state index in [4.69, 9.17) is 9.15 Å². The lowest BCUT2D eigenvalue weighted by atomic mass is 10.1. The molecule has 0 radical (unpaired) electrons. The second-order valence-corrected chi connectivity index (χ2v) is 11.5. The standard InChI is InChI=1S/C37H31N7O6/c1-2-49-37(48)35(46)43-25-10-8-23(9-11-25)34-41-20-30(39-17-22-7-12-32-28(15-22)27-5-3-4-6-31(27)50-32)36(47)44(34)21-33(45)40-19-26-16-24-18-38-14-13-29(24)42-26/h3-16,18,20,39,42H,2,17,19,21H2,1H3,(H,40,45)(H,43,46). The van der Waals surface area contributed by atoms with Gasteiger partial charge in [0, 0.05) is 57.6 Å². The first-order chi connectivity index (χ1) is 24.4. The number of aromatic nitrogens is 4. The van der Waals surface area contributed by atoms with Crippen LogP contribution >= 0.6 is 0 Å². The van der Waals surface area contributed by atoms with Crippen LogP contribution in [0, 0.1) is 0 Å². The molecule has 0 aliphatic heterocycles. The number of para-hydroxylation sites is 1. The van der Waals surface area contributed by atoms with Gasteiger partial charge in [0.15, 0.2) is 0 Å². The van der Waals surface area contributed by atoms with Crippen molar-refractivity contribution in [3.63, 3.8) is 0 Å². The second kappa shape index (κ2) is 13.8. The average Bonchev–Trinajstić information content (AvgIpc) is 3.72. The normalized spacial score (nSPS) is 11.1. The number of nitrogens with one attached hydrogen (secondary N) is 4. The van der Waals surface area contributed by atoms with E-state index in [9.17, 15) is 19.2 Å². The fourth-order valence-electron chi connectivity index (χ4n) is 5.67. The zero-order valence-electron chi connectivity index (χ0n) is 26.9. The van der Waals surface area contributed by atoms with Crippen molar-refractivity contribution in [1.29, 1.82) is 0 Å². The Kier molecular flexibility index (Phi) is 8.76. The van der Waals surface area contributed by atoms with Crippen LogP contribution in [-0.4, -0.2) is 43.9 Å². The summed E-state index contributed by atoms with van der Waals surface area (Å²) >= 11 is 0. The van der Waals surface area contributed by atoms with E-state index in [1.807, 2.05) is 54.6 Å². The molecule has 13 nitrogen and oxygen atoms in total. The molecule has 0 spiro atoms. The minimum absolute atomic E-state index is 0.0723. The Morgan fingerprint density at radius 1 is 0.920 bits per heavy atom. The van der Waals surface area contributed by atoms with Gasteiger partial charge >= 0.3 is 11.9 Å². The van der Waals surface area contributed by atoms with Crippen LogP contribution in [0.5, 0.6) is 0 Å². The number of hydrogen-bond donors (Lipinski definition) is 4. The predicted molar refractivity (Wildman–Crippen MR) is 188 cm³/mol. The maximum Gasteiger partial charge on any atom is 0.397 e. The number of furan rings is 1. The molecule has 7 aromatic rings. The molecule has 50 heavy (non-hydrogen) atoms. The third-order valence-electron chi connectivity index (χ3n) is 8.09. The predicted octanol–water partition coefficient (Wildman–Crippen LogP) is 5.12. The van der Waals surface area contributed by atoms with Gasteiger partial charge in [-0.25, -0.2) is 9.78 Å². The zero-order valence-corrected chi connectivity index (χ0v) is 26.9. The summed E-state index contributed by atoms with van der Waals surface area (Å²) in [7, 11) is 0. The number of nitrogens with zero attached hydrogens (tertiary/aromatic N) is 3. The van der Waals surface area contributed by atoms with E-state index in [0.29, 0.717) is 17.8 Å². The Morgan fingerprint density at radius 3 is 2.56 bits per heavy atom. The van der Waals surface area contributed by atoms with Crippen LogP contribution in [0.2, 0.25) is 0 Å². The van der Waals surface area contributed by atoms with Crippen molar-refractivity contribution >= 4 is 62.0 Å². The van der Waals surface area contributed by atoms with E-state index in [2.05, 4.69) is 30.9 Å². The number of carbonyl (C=O) groups excluding carboxylic acids is 3. The average molecular weight is 670 g/mol. The lowest BCUT2D eigenvalue weighted by Gasteiger charge is -2.15. The molecular weight excluding hydrogens is 638 g/mol. The molecule has 4 heterocycles. The van der Waals surface area contributed by atoms with E-state index >= 15 is 0 Å². The molecule has 250 valence electrons. The van der Waals surface area contributed by atoms with Crippen LogP contribution in [-0.2, 0) is 38.8 Å². The van der Waals surface area contributed by atoms with E-state index in [1.165, 1.54) is 10.8 Å². The van der Waals surface area contributed by atoms with E-state index in [0.717, 1.165) is 44.1 Å². The van der Waals surface area contributed by atoms with Gasteiger partial charge in [-0.3, -0.25) is 23.9 Å². The van der Waals surface area contributed by atoms with Gasteiger partial charge in [-0.05, 0) is 67.1 Å². The van der Waals surface area contributed by atoms with E-state index in [1.54, 1.807) is 43.6 Å². The quantitative estimate of drug-likeness (QED) is 0.114. The number of aromatic amines is 1. The smallest absolute Gasteiger partial charge is 0.397 e. The summed E-state index contributed by atoms with van der Waals surface area (Å²) in [5.41, 5.74) is 4.78. The van der Waals surface area contributed by atoms with Crippen LogP contribution in [0.1, 0.15) is 18.2 Å². The van der Waals surface area contributed by atoms with Crippen LogP contribution in [0.3, 0.4) is 0 Å². The monoisotopic (exact) mass is 669 g/mol. The molecule has 4 aromatic heterocycles. The fraction of sp³-hybridized carbons (Fsp3) is 0.135. The highest BCUT2D eigenvalue weighted by Gasteiger charge is 2.18. The van der Waals surface area contributed by atoms with Crippen LogP contribution in [0.4, 0.5) is 11.4 Å². The Morgan fingerprint density at radius 2 is 1.74 bits per heavy atom. The Hall–Kier alpha value is -6.76. The summed E-state index contributed by atoms with van der Waals surface area (Å²) in [5.74, 6) is -2.07. The minimum Gasteiger partial charge on any atom is -0.459 e. The fourth-order valence-corrected chi connectivity index (χ4v) is 5.67. The molecule has 0 unspecified atom stereocenters. The number of pyridine rings is 1. The molecule has 2 amide bonds. The molecule has 4 N–H and O–H groups in total. The van der Waals surface area contributed by atoms with Crippen molar-refractivity contribution in [2.24, 2.45) is 0 Å². The van der Waals surface area contributed by atoms with Crippen LogP contribution in [0.15, 0.2) is 107 Å². The second-order valence-electron chi connectivity index (χ2n) is 11.5. The first kappa shape index (κ1) is 31.8. The zero-order chi connectivity index (χ0) is 34.6. The highest BCUT2D eigenvalue weighted by atomic mass is 16.5. The van der Waals surface area contributed by atoms with Gasteiger partial charge in [-0.15, -0.1) is 0 Å². The van der Waals surface area contributed by atoms with E-state index in [-0.39, 0.29) is 31.2 Å². The van der Waals surface area contributed by atoms with Gasteiger partial charge in [0.25, 0.3) is 5.56 Å². The molecule has 0 aliphatic rings. The number of fused-ring (bicyclic) bond motifs is 4. The molecule has 0 aliphatic carbocycles. The first-order valence-electron chi connectivity index (χ1n) is 15.9. The number of esters is 1. The Bertz CT molecular complexity index is 2410. The maximum absolute atomic E-state index is 14.0. The number of rotatable bonds is 10. The number of hydrogen-bond acceptors (Lipinski definition) is 9. The van der Waals surface area contributed by atoms with Crippen LogP contribution < -0.4 is 21.5 Å². The minimum atomic E-state index is -0.997. The summed E-state index contributed by atoms with van der Waals surface area (Å²) in [4.78, 5) is 63.0. The molecule has 0 atom stereocenters. The molecule has 0 fully saturated rings. The van der Waals surface area contributed by atoms with Crippen molar-refractivity contribution in [3.8, 4) is 11.4 Å². The maximum atomic E-state index is 14.0. The van der Waals surface area contributed by atoms with Gasteiger partial charge in [0.1, 0.15) is 29.2 Å². The van der Waals surface area contributed by atoms with Crippen molar-refractivity contribution in [2.75, 3.05) is 17.2 Å². The third-order valence-corrected chi connectivity index (χ3v) is 8.09. The van der Waals surface area contributed by atoms with Crippen molar-refractivity contribution in [3.05, 3.63) is 119 Å². The lowest BCUT2D eigenvalue weighted by molar-refractivity contribution is -0.152. The Labute approximate surface area is 284 Å². The highest BCUT2D eigenvalue weighted by Crippen LogP contribution is 2.29. The topological polar surface area (TPSA) is 173 Å². The number of amides is 2. The van der Waals surface area contributed by atoms with Gasteiger partial charge < -0.3 is 30.1 Å². The summed E-state index contributed by atoms with van der Waals surface area (Å²) in [6.07, 6.45) is 4.85. The number of ether oxygens (including phenoxy) is 1. The SMILES string of the molecule is CCOC(=O)C(=O)Nc1ccc(-c2ncc(NCc3ccc4oc5ccccc5c4c3)c(=O)n2CC(=O)NCc2cc3cnccc3[nH]2)cc1. The van der Waals surface area contributed by atoms with E-state index < -0.39 is 23.3 Å². The lowest BCUT2D eigenvalue weighted by Crippen LogP contribution is -2.34. The third kappa shape index (κ3) is 6.65. The van der Waals surface area contributed by atoms with Crippen molar-refractivity contribution in [2.45, 2.75) is 26.6 Å². The molecule has 0 saturated heterocycles. The highest BCUT2D eigenvalue weighted by molar-refractivity contribution is 6.37. The number of benzene rings is 3. The van der Waals surface area contributed by atoms with Crippen LogP contribution in [0.25, 0.3) is 44.2 Å². The van der Waals surface area contributed by atoms with Crippen molar-refractivity contribution < 1.29 is 23.5 Å². The molecule has 3 aromatic carbocycles. The molecular formula is C37H31N7O6. The largest absolute Gasteiger partial charge is 0.459 e. The first-order valence-corrected chi connectivity index (χ1v) is 15.9. The van der Waals surface area contributed by atoms with Gasteiger partial charge in [0.2, 0.25) is 5.91 Å². The van der Waals surface area contributed by atoms with Gasteiger partial charge in [0.05, 0.1) is 19.3 Å². The summed E-state index contributed by atoms with van der Waals surface area (Å²) in [6, 6.07) is 23.8. The number of H-pyrrole nitrogens is 1. The molecule has 0 bridgehead atoms. The van der Waals surface area contributed by atoms with Gasteiger partial charge in [-0.1, -0.05) is 24.3 Å². The summed E-state index contributed by atoms with van der Waals surface area (Å²) < 4.78 is 12.0. The number of carbonyl (C=O) groups is 3. The molecule has 0 saturated carbocycles. The van der Waals surface area contributed by atoms with Gasteiger partial charge in [-0.2, -0.15) is 0 Å². The summed E-state index contributed by atoms with van der Waals surface area (Å²) in [5, 5.41) is 11.4. The van der Waals surface area contributed by atoms with Crippen molar-refractivity contribution in [1.82, 2.24) is 24.8 Å². The molecule has 7 rings (SSSR count). The molecule has 13 heteroatoms. The summed E-state index contributed by atoms with van der Waals surface area (Å²) in [6.45, 7) is 1.90.